The number of fused-ring (bicyclic) bond motifs is 3. The molecule has 9 heteroatoms. The number of carbonyl (C=O) groups is 1. The standard InChI is InChI=1S/C23H25N5O3S/c1-12-7-13(2)21(14(3)8-12)26-20(29)11-32-23-25-17-10-19(31-6)18(30-5)9-16(17)22-24-15(4)27-28(22)23/h7-10H,11H2,1-6H3,(H,26,29). The zero-order chi connectivity index (χ0) is 23.0. The maximum Gasteiger partial charge on any atom is 0.234 e. The number of methoxy groups -OCH3 is 2. The quantitative estimate of drug-likeness (QED) is 0.346. The van der Waals surface area contributed by atoms with Gasteiger partial charge >= 0.3 is 0 Å². The lowest BCUT2D eigenvalue weighted by Gasteiger charge is -2.13. The molecule has 8 nitrogen and oxygen atoms in total. The molecule has 0 unspecified atom stereocenters. The van der Waals surface area contributed by atoms with Crippen molar-refractivity contribution in [1.29, 1.82) is 0 Å². The smallest absolute Gasteiger partial charge is 0.234 e. The Kier molecular flexibility index (Phi) is 5.92. The molecule has 0 radical (unpaired) electrons. The summed E-state index contributed by atoms with van der Waals surface area (Å²) in [5.41, 5.74) is 5.45. The first-order chi connectivity index (χ1) is 15.3. The van der Waals surface area contributed by atoms with Crippen LogP contribution >= 0.6 is 11.8 Å². The first-order valence-electron chi connectivity index (χ1n) is 10.1. The third-order valence-electron chi connectivity index (χ3n) is 5.13. The molecule has 0 saturated heterocycles. The molecular formula is C23H25N5O3S. The van der Waals surface area contributed by atoms with Crippen LogP contribution in [-0.4, -0.2) is 45.5 Å². The summed E-state index contributed by atoms with van der Waals surface area (Å²) in [6.07, 6.45) is 0. The fraction of sp³-hybridized carbons (Fsp3) is 0.304. The zero-order valence-corrected chi connectivity index (χ0v) is 19.8. The number of anilines is 1. The monoisotopic (exact) mass is 451 g/mol. The van der Waals surface area contributed by atoms with Crippen LogP contribution in [0.3, 0.4) is 0 Å². The van der Waals surface area contributed by atoms with Crippen molar-refractivity contribution in [2.24, 2.45) is 0 Å². The van der Waals surface area contributed by atoms with Crippen LogP contribution in [0.25, 0.3) is 16.6 Å². The summed E-state index contributed by atoms with van der Waals surface area (Å²) in [7, 11) is 3.17. The van der Waals surface area contributed by atoms with E-state index >= 15 is 0 Å². The highest BCUT2D eigenvalue weighted by atomic mass is 32.2. The number of aryl methyl sites for hydroxylation is 4. The second-order valence-electron chi connectivity index (χ2n) is 7.62. The van der Waals surface area contributed by atoms with E-state index in [9.17, 15) is 4.79 Å². The fourth-order valence-corrected chi connectivity index (χ4v) is 4.53. The van der Waals surface area contributed by atoms with Gasteiger partial charge in [0.1, 0.15) is 5.82 Å². The maximum atomic E-state index is 12.7. The van der Waals surface area contributed by atoms with Crippen molar-refractivity contribution in [2.75, 3.05) is 25.3 Å². The molecule has 2 heterocycles. The van der Waals surface area contributed by atoms with Crippen molar-refractivity contribution >= 4 is 39.9 Å². The molecule has 166 valence electrons. The van der Waals surface area contributed by atoms with Gasteiger partial charge in [-0.05, 0) is 44.9 Å². The third kappa shape index (κ3) is 4.08. The predicted octanol–water partition coefficient (Wildman–Crippen LogP) is 4.26. The van der Waals surface area contributed by atoms with Crippen molar-refractivity contribution in [3.8, 4) is 11.5 Å². The molecule has 0 aliphatic carbocycles. The highest BCUT2D eigenvalue weighted by Crippen LogP contribution is 2.34. The van der Waals surface area contributed by atoms with E-state index in [-0.39, 0.29) is 11.7 Å². The highest BCUT2D eigenvalue weighted by molar-refractivity contribution is 7.99. The van der Waals surface area contributed by atoms with E-state index in [0.717, 1.165) is 22.2 Å². The highest BCUT2D eigenvalue weighted by Gasteiger charge is 2.17. The normalized spacial score (nSPS) is 11.2. The minimum Gasteiger partial charge on any atom is -0.493 e. The van der Waals surface area contributed by atoms with Gasteiger partial charge in [0, 0.05) is 17.1 Å². The Labute approximate surface area is 190 Å². The average Bonchev–Trinajstić information content (AvgIpc) is 3.15. The Morgan fingerprint density at radius 2 is 1.66 bits per heavy atom. The van der Waals surface area contributed by atoms with E-state index in [0.29, 0.717) is 33.6 Å². The van der Waals surface area contributed by atoms with Gasteiger partial charge in [-0.25, -0.2) is 9.97 Å². The van der Waals surface area contributed by atoms with Gasteiger partial charge in [0.2, 0.25) is 5.91 Å². The molecule has 32 heavy (non-hydrogen) atoms. The van der Waals surface area contributed by atoms with E-state index in [1.54, 1.807) is 24.8 Å². The van der Waals surface area contributed by atoms with Crippen molar-refractivity contribution < 1.29 is 14.3 Å². The fourth-order valence-electron chi connectivity index (χ4n) is 3.79. The molecule has 2 aromatic carbocycles. The number of carbonyl (C=O) groups excluding carboxylic acids is 1. The summed E-state index contributed by atoms with van der Waals surface area (Å²) in [6.45, 7) is 7.86. The predicted molar refractivity (Wildman–Crippen MR) is 126 cm³/mol. The molecule has 4 aromatic rings. The van der Waals surface area contributed by atoms with Crippen LogP contribution in [0.5, 0.6) is 11.5 Å². The maximum absolute atomic E-state index is 12.7. The van der Waals surface area contributed by atoms with Gasteiger partial charge in [-0.2, -0.15) is 4.52 Å². The Hall–Kier alpha value is -3.33. The molecule has 0 spiro atoms. The number of benzene rings is 2. The van der Waals surface area contributed by atoms with Gasteiger partial charge in [-0.15, -0.1) is 5.10 Å². The molecular weight excluding hydrogens is 426 g/mol. The van der Waals surface area contributed by atoms with Gasteiger partial charge in [0.15, 0.2) is 22.3 Å². The summed E-state index contributed by atoms with van der Waals surface area (Å²) >= 11 is 1.31. The number of rotatable bonds is 6. The lowest BCUT2D eigenvalue weighted by molar-refractivity contribution is -0.113. The van der Waals surface area contributed by atoms with Crippen LogP contribution in [0, 0.1) is 27.7 Å². The summed E-state index contributed by atoms with van der Waals surface area (Å²) in [6, 6.07) is 7.77. The molecule has 1 amide bonds. The van der Waals surface area contributed by atoms with Crippen molar-refractivity contribution in [3.05, 3.63) is 46.8 Å². The lowest BCUT2D eigenvalue weighted by Crippen LogP contribution is -2.16. The Morgan fingerprint density at radius 3 is 2.31 bits per heavy atom. The molecule has 1 N–H and O–H groups in total. The van der Waals surface area contributed by atoms with Crippen LogP contribution in [0.2, 0.25) is 0 Å². The van der Waals surface area contributed by atoms with Crippen LogP contribution in [0.15, 0.2) is 29.4 Å². The number of nitrogens with one attached hydrogen (secondary N) is 1. The molecule has 2 aromatic heterocycles. The van der Waals surface area contributed by atoms with E-state index < -0.39 is 0 Å². The average molecular weight is 452 g/mol. The number of hydrogen-bond donors (Lipinski definition) is 1. The molecule has 4 rings (SSSR count). The van der Waals surface area contributed by atoms with Crippen molar-refractivity contribution in [2.45, 2.75) is 32.9 Å². The second-order valence-corrected chi connectivity index (χ2v) is 8.57. The number of thioether (sulfide) groups is 1. The number of nitrogens with zero attached hydrogens (tertiary/aromatic N) is 4. The van der Waals surface area contributed by atoms with Crippen molar-refractivity contribution in [3.63, 3.8) is 0 Å². The Morgan fingerprint density at radius 1 is 1.00 bits per heavy atom. The summed E-state index contributed by atoms with van der Waals surface area (Å²) in [4.78, 5) is 22.0. The van der Waals surface area contributed by atoms with Crippen LogP contribution in [0.4, 0.5) is 5.69 Å². The topological polar surface area (TPSA) is 90.6 Å². The van der Waals surface area contributed by atoms with Crippen molar-refractivity contribution in [1.82, 2.24) is 19.6 Å². The number of ether oxygens (including phenoxy) is 2. The Bertz CT molecular complexity index is 1330. The first-order valence-corrected chi connectivity index (χ1v) is 11.1. The molecule has 0 aliphatic heterocycles. The lowest BCUT2D eigenvalue weighted by atomic mass is 10.1. The molecule has 0 fully saturated rings. The molecule has 0 aliphatic rings. The van der Waals surface area contributed by atoms with Crippen LogP contribution in [-0.2, 0) is 4.79 Å². The summed E-state index contributed by atoms with van der Waals surface area (Å²) in [5.74, 6) is 1.86. The van der Waals surface area contributed by atoms with Gasteiger partial charge in [0.25, 0.3) is 0 Å². The summed E-state index contributed by atoms with van der Waals surface area (Å²) in [5, 5.41) is 8.88. The van der Waals surface area contributed by atoms with Crippen LogP contribution < -0.4 is 14.8 Å². The molecule has 0 atom stereocenters. The van der Waals surface area contributed by atoms with E-state index in [2.05, 4.69) is 27.5 Å². The number of hydrogen-bond acceptors (Lipinski definition) is 7. The van der Waals surface area contributed by atoms with Gasteiger partial charge in [0.05, 0.1) is 25.5 Å². The molecule has 0 saturated carbocycles. The van der Waals surface area contributed by atoms with E-state index in [4.69, 9.17) is 14.5 Å². The van der Waals surface area contributed by atoms with E-state index in [1.165, 1.54) is 17.3 Å². The Balaban J connectivity index is 1.66. The van der Waals surface area contributed by atoms with Gasteiger partial charge in [-0.3, -0.25) is 4.79 Å². The summed E-state index contributed by atoms with van der Waals surface area (Å²) < 4.78 is 12.5. The SMILES string of the molecule is COc1cc2nc(SCC(=O)Nc3c(C)cc(C)cc3C)n3nc(C)nc3c2cc1OC. The minimum absolute atomic E-state index is 0.107. The minimum atomic E-state index is -0.107. The third-order valence-corrected chi connectivity index (χ3v) is 6.06. The zero-order valence-electron chi connectivity index (χ0n) is 18.9. The van der Waals surface area contributed by atoms with E-state index in [1.807, 2.05) is 33.8 Å². The largest absolute Gasteiger partial charge is 0.493 e. The molecule has 0 bridgehead atoms. The first kappa shape index (κ1) is 21.9. The second kappa shape index (κ2) is 8.66. The van der Waals surface area contributed by atoms with Crippen LogP contribution in [0.1, 0.15) is 22.5 Å². The van der Waals surface area contributed by atoms with Gasteiger partial charge < -0.3 is 14.8 Å². The number of amides is 1. The van der Waals surface area contributed by atoms with Gasteiger partial charge in [-0.1, -0.05) is 29.5 Å². The number of aromatic nitrogens is 4.